The molecule has 1 fully saturated rings. The second-order valence-corrected chi connectivity index (χ2v) is 5.67. The molecule has 0 heterocycles. The summed E-state index contributed by atoms with van der Waals surface area (Å²) in [7, 11) is 0. The Morgan fingerprint density at radius 1 is 1.60 bits per heavy atom. The van der Waals surface area contributed by atoms with Crippen molar-refractivity contribution in [1.82, 2.24) is 0 Å². The van der Waals surface area contributed by atoms with Gasteiger partial charge in [-0.2, -0.15) is 24.4 Å². The standard InChI is InChI=1S/C8H16S2/c1-8(9)5-3-4-7(6-8)10-2/h7,9H,3-6H2,1-2H3. The van der Waals surface area contributed by atoms with Gasteiger partial charge in [-0.3, -0.25) is 0 Å². The summed E-state index contributed by atoms with van der Waals surface area (Å²) >= 11 is 6.62. The molecule has 0 aromatic rings. The summed E-state index contributed by atoms with van der Waals surface area (Å²) in [5.74, 6) is 0. The van der Waals surface area contributed by atoms with E-state index >= 15 is 0 Å². The van der Waals surface area contributed by atoms with Crippen LogP contribution < -0.4 is 0 Å². The van der Waals surface area contributed by atoms with Crippen molar-refractivity contribution in [1.29, 1.82) is 0 Å². The number of rotatable bonds is 1. The highest BCUT2D eigenvalue weighted by atomic mass is 32.2. The van der Waals surface area contributed by atoms with Crippen molar-refractivity contribution in [2.75, 3.05) is 6.26 Å². The van der Waals surface area contributed by atoms with E-state index in [2.05, 4.69) is 25.8 Å². The first-order valence-corrected chi connectivity index (χ1v) is 5.63. The number of thiol groups is 1. The third kappa shape index (κ3) is 2.39. The summed E-state index contributed by atoms with van der Waals surface area (Å²) < 4.78 is 0.325. The first-order chi connectivity index (χ1) is 4.64. The third-order valence-corrected chi connectivity index (χ3v) is 3.72. The molecule has 1 aliphatic carbocycles. The van der Waals surface area contributed by atoms with Gasteiger partial charge < -0.3 is 0 Å². The van der Waals surface area contributed by atoms with Crippen LogP contribution in [0.2, 0.25) is 0 Å². The Morgan fingerprint density at radius 3 is 2.70 bits per heavy atom. The Bertz CT molecular complexity index is 110. The van der Waals surface area contributed by atoms with Gasteiger partial charge in [-0.05, 0) is 25.5 Å². The predicted molar refractivity (Wildman–Crippen MR) is 53.2 cm³/mol. The molecule has 2 atom stereocenters. The minimum Gasteiger partial charge on any atom is -0.173 e. The Labute approximate surface area is 73.6 Å². The second kappa shape index (κ2) is 3.40. The van der Waals surface area contributed by atoms with Crippen LogP contribution in [-0.2, 0) is 0 Å². The first kappa shape index (κ1) is 8.79. The van der Waals surface area contributed by atoms with Crippen LogP contribution in [0.4, 0.5) is 0 Å². The molecule has 0 aromatic heterocycles. The molecule has 1 rings (SSSR count). The van der Waals surface area contributed by atoms with Crippen molar-refractivity contribution < 1.29 is 0 Å². The van der Waals surface area contributed by atoms with E-state index in [0.29, 0.717) is 4.75 Å². The van der Waals surface area contributed by atoms with Gasteiger partial charge in [0.2, 0.25) is 0 Å². The van der Waals surface area contributed by atoms with E-state index in [1.54, 1.807) is 0 Å². The number of thioether (sulfide) groups is 1. The SMILES string of the molecule is CSC1CCCC(C)(S)C1. The van der Waals surface area contributed by atoms with Gasteiger partial charge in [0.05, 0.1) is 0 Å². The average molecular weight is 176 g/mol. The zero-order valence-electron chi connectivity index (χ0n) is 6.76. The molecular formula is C8H16S2. The Hall–Kier alpha value is 0.700. The van der Waals surface area contributed by atoms with Crippen LogP contribution in [0.5, 0.6) is 0 Å². The normalized spacial score (nSPS) is 41.7. The van der Waals surface area contributed by atoms with E-state index in [-0.39, 0.29) is 0 Å². The lowest BCUT2D eigenvalue weighted by atomic mass is 9.89. The van der Waals surface area contributed by atoms with Crippen LogP contribution in [-0.4, -0.2) is 16.3 Å². The van der Waals surface area contributed by atoms with Gasteiger partial charge in [0, 0.05) is 10.00 Å². The van der Waals surface area contributed by atoms with Crippen LogP contribution >= 0.6 is 24.4 Å². The van der Waals surface area contributed by atoms with Crippen molar-refractivity contribution in [3.05, 3.63) is 0 Å². The van der Waals surface area contributed by atoms with Crippen molar-refractivity contribution in [2.24, 2.45) is 0 Å². The minimum absolute atomic E-state index is 0.325. The van der Waals surface area contributed by atoms with E-state index in [1.165, 1.54) is 25.7 Å². The van der Waals surface area contributed by atoms with E-state index in [1.807, 2.05) is 11.8 Å². The van der Waals surface area contributed by atoms with Gasteiger partial charge in [-0.25, -0.2) is 0 Å². The van der Waals surface area contributed by atoms with Gasteiger partial charge in [-0.15, -0.1) is 0 Å². The summed E-state index contributed by atoms with van der Waals surface area (Å²) in [4.78, 5) is 0. The highest BCUT2D eigenvalue weighted by Gasteiger charge is 2.27. The van der Waals surface area contributed by atoms with Gasteiger partial charge >= 0.3 is 0 Å². The number of hydrogen-bond donors (Lipinski definition) is 1. The molecule has 0 N–H and O–H groups in total. The third-order valence-electron chi connectivity index (χ3n) is 2.24. The molecule has 0 saturated heterocycles. The maximum atomic E-state index is 4.62. The average Bonchev–Trinajstić information content (AvgIpc) is 1.86. The van der Waals surface area contributed by atoms with Crippen molar-refractivity contribution >= 4 is 24.4 Å². The molecule has 0 radical (unpaired) electrons. The zero-order valence-corrected chi connectivity index (χ0v) is 8.47. The highest BCUT2D eigenvalue weighted by Crippen LogP contribution is 2.37. The van der Waals surface area contributed by atoms with E-state index in [9.17, 15) is 0 Å². The summed E-state index contributed by atoms with van der Waals surface area (Å²) in [6, 6.07) is 0. The van der Waals surface area contributed by atoms with Gasteiger partial charge in [-0.1, -0.05) is 13.3 Å². The fourth-order valence-electron chi connectivity index (χ4n) is 1.61. The maximum Gasteiger partial charge on any atom is 0.0112 e. The molecule has 1 aliphatic rings. The van der Waals surface area contributed by atoms with Gasteiger partial charge in [0.15, 0.2) is 0 Å². The molecule has 1 saturated carbocycles. The molecule has 0 nitrogen and oxygen atoms in total. The second-order valence-electron chi connectivity index (χ2n) is 3.45. The molecule has 0 aliphatic heterocycles. The molecular weight excluding hydrogens is 160 g/mol. The topological polar surface area (TPSA) is 0 Å². The van der Waals surface area contributed by atoms with Crippen LogP contribution in [0.3, 0.4) is 0 Å². The summed E-state index contributed by atoms with van der Waals surface area (Å²) in [5, 5.41) is 0.872. The molecule has 0 amide bonds. The van der Waals surface area contributed by atoms with Crippen LogP contribution in [0, 0.1) is 0 Å². The zero-order chi connectivity index (χ0) is 7.61. The molecule has 2 heteroatoms. The monoisotopic (exact) mass is 176 g/mol. The lowest BCUT2D eigenvalue weighted by Gasteiger charge is -2.33. The maximum absolute atomic E-state index is 4.62. The summed E-state index contributed by atoms with van der Waals surface area (Å²) in [5.41, 5.74) is 0. The van der Waals surface area contributed by atoms with Gasteiger partial charge in [0.1, 0.15) is 0 Å². The smallest absolute Gasteiger partial charge is 0.0112 e. The molecule has 0 aromatic carbocycles. The molecule has 2 unspecified atom stereocenters. The van der Waals surface area contributed by atoms with E-state index in [0.717, 1.165) is 5.25 Å². The fourth-order valence-corrected chi connectivity index (χ4v) is 3.05. The fraction of sp³-hybridized carbons (Fsp3) is 1.00. The quantitative estimate of drug-likeness (QED) is 0.599. The van der Waals surface area contributed by atoms with E-state index in [4.69, 9.17) is 0 Å². The van der Waals surface area contributed by atoms with Crippen molar-refractivity contribution in [3.63, 3.8) is 0 Å². The lowest BCUT2D eigenvalue weighted by Crippen LogP contribution is -2.27. The summed E-state index contributed by atoms with van der Waals surface area (Å²) in [6.45, 7) is 2.26. The van der Waals surface area contributed by atoms with E-state index < -0.39 is 0 Å². The molecule has 60 valence electrons. The largest absolute Gasteiger partial charge is 0.173 e. The Morgan fingerprint density at radius 2 is 2.30 bits per heavy atom. The van der Waals surface area contributed by atoms with Crippen LogP contribution in [0.25, 0.3) is 0 Å². The highest BCUT2D eigenvalue weighted by molar-refractivity contribution is 7.99. The van der Waals surface area contributed by atoms with Crippen LogP contribution in [0.1, 0.15) is 32.6 Å². The minimum atomic E-state index is 0.325. The Balaban J connectivity index is 2.40. The summed E-state index contributed by atoms with van der Waals surface area (Å²) in [6.07, 6.45) is 7.56. The van der Waals surface area contributed by atoms with Crippen molar-refractivity contribution in [2.45, 2.75) is 42.6 Å². The molecule has 10 heavy (non-hydrogen) atoms. The first-order valence-electron chi connectivity index (χ1n) is 3.89. The predicted octanol–water partition coefficient (Wildman–Crippen LogP) is 2.98. The van der Waals surface area contributed by atoms with Crippen LogP contribution in [0.15, 0.2) is 0 Å². The number of hydrogen-bond acceptors (Lipinski definition) is 2. The molecule has 0 spiro atoms. The lowest BCUT2D eigenvalue weighted by molar-refractivity contribution is 0.435. The Kier molecular flexibility index (Phi) is 2.99. The van der Waals surface area contributed by atoms with Gasteiger partial charge in [0.25, 0.3) is 0 Å². The molecule has 0 bridgehead atoms. The van der Waals surface area contributed by atoms with Crippen molar-refractivity contribution in [3.8, 4) is 0 Å².